The van der Waals surface area contributed by atoms with Gasteiger partial charge in [-0.3, -0.25) is 15.1 Å². The Bertz CT molecular complexity index is 2030. The molecular formula is C45H50N3O6-. The number of aryl methyl sites for hydroxylation is 1. The van der Waals surface area contributed by atoms with Gasteiger partial charge in [-0.2, -0.15) is 0 Å². The SMILES string of the molecule is CC(O)CCCCCC=CC(=O)CCc1ccc(O)c(OCCc2ccc(O)c(C3CC([O-])=C4C=CN=C4CC#Cc4cc5c(cc43)CCNC5N)c2)c1. The zero-order valence-corrected chi connectivity index (χ0v) is 30.9. The number of carbonyl (C=O) groups is 1. The second-order valence-electron chi connectivity index (χ2n) is 14.4. The summed E-state index contributed by atoms with van der Waals surface area (Å²) in [7, 11) is 0. The van der Waals surface area contributed by atoms with Crippen molar-refractivity contribution in [2.24, 2.45) is 10.7 Å². The van der Waals surface area contributed by atoms with Crippen LogP contribution in [-0.2, 0) is 24.1 Å². The Labute approximate surface area is 318 Å². The lowest BCUT2D eigenvalue weighted by Gasteiger charge is -2.30. The van der Waals surface area contributed by atoms with E-state index in [1.54, 1.807) is 49.5 Å². The number of benzene rings is 3. The lowest BCUT2D eigenvalue weighted by Crippen LogP contribution is -2.35. The normalized spacial score (nSPS) is 18.3. The number of phenolic OH excluding ortho intramolecular Hbond substituents is 2. The van der Waals surface area contributed by atoms with Gasteiger partial charge in [-0.15, -0.1) is 5.76 Å². The number of nitrogens with one attached hydrogen (secondary N) is 1. The Balaban J connectivity index is 1.14. The number of fused-ring (bicyclic) bond motifs is 3. The third-order valence-electron chi connectivity index (χ3n) is 10.3. The second kappa shape index (κ2) is 18.3. The van der Waals surface area contributed by atoms with E-state index >= 15 is 0 Å². The number of aromatic hydroxyl groups is 2. The van der Waals surface area contributed by atoms with E-state index in [1.165, 1.54) is 0 Å². The highest BCUT2D eigenvalue weighted by Gasteiger charge is 2.26. The molecule has 0 fully saturated rings. The first-order chi connectivity index (χ1) is 26.2. The van der Waals surface area contributed by atoms with Crippen molar-refractivity contribution in [1.29, 1.82) is 0 Å². The summed E-state index contributed by atoms with van der Waals surface area (Å²) in [6, 6.07) is 14.7. The maximum Gasteiger partial charge on any atom is 0.161 e. The van der Waals surface area contributed by atoms with Crippen molar-refractivity contribution in [3.8, 4) is 29.1 Å². The molecule has 6 N–H and O–H groups in total. The van der Waals surface area contributed by atoms with E-state index in [1.807, 2.05) is 24.3 Å². The van der Waals surface area contributed by atoms with Gasteiger partial charge in [-0.1, -0.05) is 55.0 Å². The summed E-state index contributed by atoms with van der Waals surface area (Å²) < 4.78 is 6.05. The lowest BCUT2D eigenvalue weighted by molar-refractivity contribution is -0.307. The Morgan fingerprint density at radius 2 is 1.87 bits per heavy atom. The summed E-state index contributed by atoms with van der Waals surface area (Å²) in [5.41, 5.74) is 13.8. The van der Waals surface area contributed by atoms with Crippen molar-refractivity contribution in [2.75, 3.05) is 13.2 Å². The Hall–Kier alpha value is -5.14. The van der Waals surface area contributed by atoms with Gasteiger partial charge in [0.05, 0.1) is 31.0 Å². The first-order valence-electron chi connectivity index (χ1n) is 19.1. The highest BCUT2D eigenvalue weighted by atomic mass is 16.5. The molecule has 0 saturated carbocycles. The molecule has 54 heavy (non-hydrogen) atoms. The van der Waals surface area contributed by atoms with E-state index in [2.05, 4.69) is 28.2 Å². The zero-order valence-electron chi connectivity index (χ0n) is 30.9. The molecule has 9 nitrogen and oxygen atoms in total. The van der Waals surface area contributed by atoms with E-state index in [0.717, 1.165) is 78.5 Å². The van der Waals surface area contributed by atoms with Crippen molar-refractivity contribution in [3.63, 3.8) is 0 Å². The predicted molar refractivity (Wildman–Crippen MR) is 209 cm³/mol. The summed E-state index contributed by atoms with van der Waals surface area (Å²) in [6.45, 7) is 2.80. The number of nitrogens with two attached hydrogens (primary N) is 1. The Morgan fingerprint density at radius 1 is 1.06 bits per heavy atom. The molecule has 0 amide bonds. The number of hydrogen-bond acceptors (Lipinski definition) is 9. The average Bonchev–Trinajstić information content (AvgIpc) is 3.63. The largest absolute Gasteiger partial charge is 0.875 e. The van der Waals surface area contributed by atoms with Crippen molar-refractivity contribution in [3.05, 3.63) is 123 Å². The maximum absolute atomic E-state index is 13.8. The van der Waals surface area contributed by atoms with Crippen molar-refractivity contribution in [1.82, 2.24) is 5.32 Å². The summed E-state index contributed by atoms with van der Waals surface area (Å²) in [5.74, 6) is 6.54. The van der Waals surface area contributed by atoms with E-state index in [4.69, 9.17) is 10.5 Å². The van der Waals surface area contributed by atoms with Crippen LogP contribution >= 0.6 is 0 Å². The fourth-order valence-corrected chi connectivity index (χ4v) is 7.31. The van der Waals surface area contributed by atoms with Gasteiger partial charge in [0.1, 0.15) is 5.75 Å². The molecule has 0 saturated heterocycles. The fourth-order valence-electron chi connectivity index (χ4n) is 7.31. The molecular weight excluding hydrogens is 679 g/mol. The molecule has 0 spiro atoms. The number of ether oxygens (including phenoxy) is 1. The number of aliphatic imine (C=N–C) groups is 1. The summed E-state index contributed by atoms with van der Waals surface area (Å²) in [6.07, 6.45) is 13.7. The number of aliphatic hydroxyl groups excluding tert-OH is 1. The average molecular weight is 729 g/mol. The molecule has 2 aliphatic heterocycles. The number of allylic oxidation sites excluding steroid dienone is 5. The van der Waals surface area contributed by atoms with Crippen LogP contribution < -0.4 is 20.9 Å². The van der Waals surface area contributed by atoms with Gasteiger partial charge in [-0.25, -0.2) is 0 Å². The number of hydrogen-bond donors (Lipinski definition) is 5. The topological polar surface area (TPSA) is 160 Å². The van der Waals surface area contributed by atoms with Gasteiger partial charge in [-0.05, 0) is 115 Å². The quantitative estimate of drug-likeness (QED) is 0.0716. The number of unbranched alkanes of at least 4 members (excludes halogenated alkanes) is 3. The van der Waals surface area contributed by atoms with Crippen molar-refractivity contribution >= 4 is 11.5 Å². The Kier molecular flexibility index (Phi) is 13.0. The summed E-state index contributed by atoms with van der Waals surface area (Å²) >= 11 is 0. The molecule has 0 radical (unpaired) electrons. The van der Waals surface area contributed by atoms with E-state index in [-0.39, 0.29) is 48.3 Å². The number of phenols is 2. The Morgan fingerprint density at radius 3 is 2.70 bits per heavy atom. The third kappa shape index (κ3) is 9.88. The number of carbonyl (C=O) groups excluding carboxylic acids is 1. The van der Waals surface area contributed by atoms with Gasteiger partial charge >= 0.3 is 0 Å². The van der Waals surface area contributed by atoms with E-state index in [0.29, 0.717) is 48.3 Å². The minimum atomic E-state index is -0.473. The van der Waals surface area contributed by atoms with Crippen LogP contribution in [0.25, 0.3) is 0 Å². The molecule has 2 heterocycles. The van der Waals surface area contributed by atoms with Crippen molar-refractivity contribution < 1.29 is 30.0 Å². The van der Waals surface area contributed by atoms with Crippen LogP contribution in [0.1, 0.15) is 109 Å². The van der Waals surface area contributed by atoms with Gasteiger partial charge < -0.3 is 30.9 Å². The number of rotatable bonds is 15. The van der Waals surface area contributed by atoms with Crippen LogP contribution in [-0.4, -0.2) is 46.1 Å². The zero-order chi connectivity index (χ0) is 38.0. The van der Waals surface area contributed by atoms with Crippen LogP contribution in [0.4, 0.5) is 0 Å². The highest BCUT2D eigenvalue weighted by Crippen LogP contribution is 2.40. The first-order valence-corrected chi connectivity index (χ1v) is 19.1. The molecule has 0 bridgehead atoms. The lowest BCUT2D eigenvalue weighted by atomic mass is 9.80. The molecule has 3 aromatic carbocycles. The first kappa shape index (κ1) is 38.6. The van der Waals surface area contributed by atoms with E-state index < -0.39 is 5.92 Å². The molecule has 3 aliphatic rings. The van der Waals surface area contributed by atoms with Crippen LogP contribution in [0.2, 0.25) is 0 Å². The number of ketones is 1. The standard InChI is InChI=1S/C45H51N3O6/c1-29(49)8-5-3-2-4-6-10-34(50)15-12-30-14-17-42(52)44(25-30)54-23-20-31-13-16-41(51)39(24-31)38-28-43(53)35-19-22-47-40(35)11-7-9-32-27-37-33(26-36(32)38)18-21-48-45(37)46/h6,10,13-14,16-17,19,22,24-27,29,38,45,48-49,51-53H,2-5,8,11-12,15,18,20-21,23,28,46H2,1H3/p-1. The van der Waals surface area contributed by atoms with E-state index in [9.17, 15) is 25.2 Å². The van der Waals surface area contributed by atoms with Crippen LogP contribution in [0, 0.1) is 11.8 Å². The molecule has 282 valence electrons. The predicted octanol–water partition coefficient (Wildman–Crippen LogP) is 6.07. The monoisotopic (exact) mass is 728 g/mol. The highest BCUT2D eigenvalue weighted by molar-refractivity contribution is 6.06. The van der Waals surface area contributed by atoms with Crippen molar-refractivity contribution in [2.45, 2.75) is 95.7 Å². The second-order valence-corrected chi connectivity index (χ2v) is 14.4. The van der Waals surface area contributed by atoms with Crippen LogP contribution in [0.3, 0.4) is 0 Å². The van der Waals surface area contributed by atoms with Gasteiger partial charge in [0, 0.05) is 42.6 Å². The number of nitrogens with zero attached hydrogens (tertiary/aromatic N) is 1. The molecule has 3 aromatic rings. The van der Waals surface area contributed by atoms with Crippen LogP contribution in [0.15, 0.2) is 89.3 Å². The smallest absolute Gasteiger partial charge is 0.161 e. The van der Waals surface area contributed by atoms with Crippen LogP contribution in [0.5, 0.6) is 17.2 Å². The molecule has 3 atom stereocenters. The molecule has 9 heteroatoms. The third-order valence-corrected chi connectivity index (χ3v) is 10.3. The molecule has 3 unspecified atom stereocenters. The van der Waals surface area contributed by atoms with Gasteiger partial charge in [0.25, 0.3) is 0 Å². The maximum atomic E-state index is 13.8. The minimum Gasteiger partial charge on any atom is -0.875 e. The molecule has 6 rings (SSSR count). The summed E-state index contributed by atoms with van der Waals surface area (Å²) in [4.78, 5) is 16.9. The van der Waals surface area contributed by atoms with Gasteiger partial charge in [0.2, 0.25) is 0 Å². The molecule has 0 aromatic heterocycles. The van der Waals surface area contributed by atoms with Gasteiger partial charge in [0.15, 0.2) is 17.3 Å². The summed E-state index contributed by atoms with van der Waals surface area (Å²) in [5, 5.41) is 48.3. The fraction of sp³-hybridized carbons (Fsp3) is 0.378. The number of aliphatic hydroxyl groups is 1. The minimum absolute atomic E-state index is 0.0179. The molecule has 1 aliphatic carbocycles.